The fraction of sp³-hybridized carbons (Fsp3) is 0.400. The molecule has 0 saturated carbocycles. The fourth-order valence-corrected chi connectivity index (χ4v) is 2.28. The molecule has 0 aliphatic carbocycles. The first-order valence-electron chi connectivity index (χ1n) is 7.89. The van der Waals surface area contributed by atoms with Crippen molar-refractivity contribution in [2.24, 2.45) is 5.92 Å². The van der Waals surface area contributed by atoms with E-state index in [0.29, 0.717) is 11.8 Å². The van der Waals surface area contributed by atoms with E-state index >= 15 is 0 Å². The highest BCUT2D eigenvalue weighted by molar-refractivity contribution is 5.32. The van der Waals surface area contributed by atoms with E-state index in [1.165, 1.54) is 11.1 Å². The third-order valence-corrected chi connectivity index (χ3v) is 2.98. The van der Waals surface area contributed by atoms with E-state index in [1.54, 1.807) is 0 Å². The Kier molecular flexibility index (Phi) is 10.4. The molecule has 0 fully saturated rings. The summed E-state index contributed by atoms with van der Waals surface area (Å²) in [7, 11) is 0. The Bertz CT molecular complexity index is 375. The predicted molar refractivity (Wildman–Crippen MR) is 92.3 cm³/mol. The normalized spacial score (nSPS) is 9.40. The van der Waals surface area contributed by atoms with Gasteiger partial charge in [-0.25, -0.2) is 0 Å². The van der Waals surface area contributed by atoms with Crippen LogP contribution in [-0.4, -0.2) is 0 Å². The molecular weight excluding hydrogens is 240 g/mol. The summed E-state index contributed by atoms with van der Waals surface area (Å²) in [5.74, 6) is 1.12. The number of rotatable bonds is 3. The molecule has 0 bridgehead atoms. The Labute approximate surface area is 125 Å². The maximum Gasteiger partial charge on any atom is 0.0112 e. The van der Waals surface area contributed by atoms with E-state index < -0.39 is 0 Å². The molecule has 0 unspecified atom stereocenters. The molecule has 0 nitrogen and oxygen atoms in total. The Morgan fingerprint density at radius 1 is 0.550 bits per heavy atom. The first-order chi connectivity index (χ1) is 9.79. The van der Waals surface area contributed by atoms with Crippen LogP contribution >= 0.6 is 0 Å². The summed E-state index contributed by atoms with van der Waals surface area (Å²) in [6, 6.07) is 21.5. The highest BCUT2D eigenvalue weighted by atomic mass is 14.2. The van der Waals surface area contributed by atoms with Crippen molar-refractivity contribution >= 4 is 0 Å². The van der Waals surface area contributed by atoms with E-state index in [-0.39, 0.29) is 0 Å². The average molecular weight is 270 g/mol. The largest absolute Gasteiger partial charge is 0.0683 e. The van der Waals surface area contributed by atoms with Crippen LogP contribution in [0.15, 0.2) is 60.7 Å². The molecule has 0 atom stereocenters. The minimum absolute atomic E-state index is 0.502. The van der Waals surface area contributed by atoms with Gasteiger partial charge in [-0.15, -0.1) is 0 Å². The van der Waals surface area contributed by atoms with Gasteiger partial charge in [-0.05, 0) is 17.0 Å². The van der Waals surface area contributed by atoms with Crippen molar-refractivity contribution in [1.82, 2.24) is 0 Å². The summed E-state index contributed by atoms with van der Waals surface area (Å²) < 4.78 is 0. The second-order valence-electron chi connectivity index (χ2n) is 4.54. The lowest BCUT2D eigenvalue weighted by molar-refractivity contribution is 0.564. The standard InChI is InChI=1S/C16H18.2C2H6/c1-13(2)16(14-9-5-3-6-10-14)15-11-7-4-8-12-15;2*1-2/h3-13,16H,1-2H3;2*1-2H3. The Morgan fingerprint density at radius 3 is 1.10 bits per heavy atom. The lowest BCUT2D eigenvalue weighted by Gasteiger charge is -2.21. The van der Waals surface area contributed by atoms with Crippen molar-refractivity contribution in [2.75, 3.05) is 0 Å². The fourth-order valence-electron chi connectivity index (χ4n) is 2.28. The van der Waals surface area contributed by atoms with Gasteiger partial charge in [-0.3, -0.25) is 0 Å². The smallest absolute Gasteiger partial charge is 0.0112 e. The quantitative estimate of drug-likeness (QED) is 0.595. The van der Waals surface area contributed by atoms with Crippen LogP contribution in [0.2, 0.25) is 0 Å². The van der Waals surface area contributed by atoms with Crippen LogP contribution in [0, 0.1) is 5.92 Å². The first kappa shape index (κ1) is 18.4. The summed E-state index contributed by atoms with van der Waals surface area (Å²) >= 11 is 0. The van der Waals surface area contributed by atoms with Gasteiger partial charge in [0.05, 0.1) is 0 Å². The first-order valence-corrected chi connectivity index (χ1v) is 7.89. The summed E-state index contributed by atoms with van der Waals surface area (Å²) in [5.41, 5.74) is 2.81. The zero-order valence-corrected chi connectivity index (χ0v) is 13.9. The van der Waals surface area contributed by atoms with E-state index in [4.69, 9.17) is 0 Å². The zero-order chi connectivity index (χ0) is 15.4. The summed E-state index contributed by atoms with van der Waals surface area (Å²) in [6.45, 7) is 12.6. The molecule has 0 saturated heterocycles. The minimum Gasteiger partial charge on any atom is -0.0683 e. The van der Waals surface area contributed by atoms with Crippen LogP contribution in [0.5, 0.6) is 0 Å². The van der Waals surface area contributed by atoms with E-state index in [1.807, 2.05) is 27.7 Å². The van der Waals surface area contributed by atoms with Gasteiger partial charge < -0.3 is 0 Å². The molecule has 0 spiro atoms. The number of hydrogen-bond acceptors (Lipinski definition) is 0. The summed E-state index contributed by atoms with van der Waals surface area (Å²) in [4.78, 5) is 0. The number of hydrogen-bond donors (Lipinski definition) is 0. The lowest BCUT2D eigenvalue weighted by Crippen LogP contribution is -2.08. The Morgan fingerprint density at radius 2 is 0.850 bits per heavy atom. The summed E-state index contributed by atoms with van der Waals surface area (Å²) in [5, 5.41) is 0. The highest BCUT2D eigenvalue weighted by Crippen LogP contribution is 2.31. The third kappa shape index (κ3) is 5.61. The van der Waals surface area contributed by atoms with Crippen molar-refractivity contribution in [3.05, 3.63) is 71.8 Å². The topological polar surface area (TPSA) is 0 Å². The van der Waals surface area contributed by atoms with Crippen molar-refractivity contribution in [2.45, 2.75) is 47.5 Å². The molecule has 0 amide bonds. The molecule has 0 aliphatic rings. The summed E-state index contributed by atoms with van der Waals surface area (Å²) in [6.07, 6.45) is 0. The van der Waals surface area contributed by atoms with Gasteiger partial charge in [-0.1, -0.05) is 102 Å². The molecule has 0 aromatic heterocycles. The van der Waals surface area contributed by atoms with Crippen LogP contribution < -0.4 is 0 Å². The molecule has 2 rings (SSSR count). The van der Waals surface area contributed by atoms with Crippen LogP contribution in [0.4, 0.5) is 0 Å². The van der Waals surface area contributed by atoms with Crippen LogP contribution in [0.3, 0.4) is 0 Å². The van der Waals surface area contributed by atoms with Gasteiger partial charge in [0.15, 0.2) is 0 Å². The third-order valence-electron chi connectivity index (χ3n) is 2.98. The van der Waals surface area contributed by atoms with Gasteiger partial charge in [0.25, 0.3) is 0 Å². The lowest BCUT2D eigenvalue weighted by atomic mass is 9.83. The maximum atomic E-state index is 2.28. The molecule has 2 aromatic carbocycles. The van der Waals surface area contributed by atoms with Crippen LogP contribution in [0.25, 0.3) is 0 Å². The molecule has 0 aliphatic heterocycles. The highest BCUT2D eigenvalue weighted by Gasteiger charge is 2.16. The van der Waals surface area contributed by atoms with Crippen LogP contribution in [0.1, 0.15) is 58.6 Å². The Hall–Kier alpha value is -1.56. The Balaban J connectivity index is 0.000000829. The predicted octanol–water partition coefficient (Wildman–Crippen LogP) is 6.53. The van der Waals surface area contributed by atoms with Gasteiger partial charge in [0.1, 0.15) is 0 Å². The molecular formula is C20H30. The van der Waals surface area contributed by atoms with Crippen molar-refractivity contribution < 1.29 is 0 Å². The SMILES string of the molecule is CC.CC.CC(C)C(c1ccccc1)c1ccccc1. The number of benzene rings is 2. The zero-order valence-electron chi connectivity index (χ0n) is 13.9. The van der Waals surface area contributed by atoms with Crippen molar-refractivity contribution in [1.29, 1.82) is 0 Å². The molecule has 20 heavy (non-hydrogen) atoms. The average Bonchev–Trinajstić information content (AvgIpc) is 2.53. The van der Waals surface area contributed by atoms with Gasteiger partial charge in [-0.2, -0.15) is 0 Å². The minimum atomic E-state index is 0.502. The van der Waals surface area contributed by atoms with E-state index in [9.17, 15) is 0 Å². The van der Waals surface area contributed by atoms with Crippen molar-refractivity contribution in [3.8, 4) is 0 Å². The monoisotopic (exact) mass is 270 g/mol. The molecule has 0 radical (unpaired) electrons. The second kappa shape index (κ2) is 11.3. The van der Waals surface area contributed by atoms with Crippen molar-refractivity contribution in [3.63, 3.8) is 0 Å². The van der Waals surface area contributed by atoms with Crippen LogP contribution in [-0.2, 0) is 0 Å². The molecule has 0 heteroatoms. The second-order valence-corrected chi connectivity index (χ2v) is 4.54. The molecule has 0 heterocycles. The maximum absolute atomic E-state index is 2.28. The van der Waals surface area contributed by atoms with Gasteiger partial charge >= 0.3 is 0 Å². The molecule has 110 valence electrons. The molecule has 2 aromatic rings. The van der Waals surface area contributed by atoms with E-state index in [0.717, 1.165) is 0 Å². The molecule has 0 N–H and O–H groups in total. The van der Waals surface area contributed by atoms with Gasteiger partial charge in [0, 0.05) is 5.92 Å². The van der Waals surface area contributed by atoms with Gasteiger partial charge in [0.2, 0.25) is 0 Å². The van der Waals surface area contributed by atoms with E-state index in [2.05, 4.69) is 74.5 Å².